The zero-order chi connectivity index (χ0) is 14.7. The second-order valence-electron chi connectivity index (χ2n) is 4.92. The summed E-state index contributed by atoms with van der Waals surface area (Å²) < 4.78 is 15.3. The number of aryl methyl sites for hydroxylation is 1. The third-order valence-electron chi connectivity index (χ3n) is 3.49. The first kappa shape index (κ1) is 14.7. The van der Waals surface area contributed by atoms with Crippen LogP contribution < -0.4 is 5.32 Å². The number of nitrogens with zero attached hydrogens (tertiary/aromatic N) is 3. The summed E-state index contributed by atoms with van der Waals surface area (Å²) in [6.45, 7) is 6.04. The second kappa shape index (κ2) is 6.13. The molecule has 2 rings (SSSR count). The van der Waals surface area contributed by atoms with Crippen molar-refractivity contribution in [1.29, 1.82) is 0 Å². The summed E-state index contributed by atoms with van der Waals surface area (Å²) in [6.07, 6.45) is 1.74. The van der Waals surface area contributed by atoms with Gasteiger partial charge in [0.05, 0.1) is 17.4 Å². The number of benzene rings is 1. The molecule has 0 aliphatic heterocycles. The topological polar surface area (TPSA) is 42.7 Å². The molecule has 108 valence electrons. The molecule has 0 bridgehead atoms. The number of halogens is 1. The molecule has 1 aromatic heterocycles. The van der Waals surface area contributed by atoms with E-state index in [1.807, 2.05) is 20.0 Å². The fraction of sp³-hybridized carbons (Fsp3) is 0.467. The Morgan fingerprint density at radius 2 is 2.05 bits per heavy atom. The Kier molecular flexibility index (Phi) is 4.49. The molecule has 0 spiro atoms. The molecule has 0 aliphatic carbocycles. The number of nitrogens with one attached hydrogen (secondary N) is 1. The van der Waals surface area contributed by atoms with Crippen LogP contribution in [0.3, 0.4) is 0 Å². The fourth-order valence-corrected chi connectivity index (χ4v) is 2.50. The van der Waals surface area contributed by atoms with Crippen LogP contribution in [0.1, 0.15) is 43.3 Å². The van der Waals surface area contributed by atoms with Crippen molar-refractivity contribution in [1.82, 2.24) is 20.3 Å². The summed E-state index contributed by atoms with van der Waals surface area (Å²) in [5.74, 6) is -0.250. The molecule has 1 N–H and O–H groups in total. The van der Waals surface area contributed by atoms with Crippen molar-refractivity contribution in [2.75, 3.05) is 7.05 Å². The summed E-state index contributed by atoms with van der Waals surface area (Å²) >= 11 is 0. The molecule has 20 heavy (non-hydrogen) atoms. The second-order valence-corrected chi connectivity index (χ2v) is 4.92. The summed E-state index contributed by atoms with van der Waals surface area (Å²) in [4.78, 5) is 0. The van der Waals surface area contributed by atoms with Crippen LogP contribution >= 0.6 is 0 Å². The van der Waals surface area contributed by atoms with E-state index in [1.54, 1.807) is 4.68 Å². The van der Waals surface area contributed by atoms with E-state index in [-0.39, 0.29) is 11.9 Å². The number of hydrogen-bond acceptors (Lipinski definition) is 3. The molecule has 1 aromatic carbocycles. The van der Waals surface area contributed by atoms with E-state index in [9.17, 15) is 4.39 Å². The van der Waals surface area contributed by atoms with Gasteiger partial charge < -0.3 is 5.32 Å². The molecular weight excluding hydrogens is 255 g/mol. The Balaban J connectivity index is 2.52. The van der Waals surface area contributed by atoms with Gasteiger partial charge in [-0.15, -0.1) is 5.10 Å². The predicted octanol–water partition coefficient (Wildman–Crippen LogP) is 2.95. The first-order valence-corrected chi connectivity index (χ1v) is 7.00. The molecule has 1 unspecified atom stereocenters. The van der Waals surface area contributed by atoms with Gasteiger partial charge in [0.25, 0.3) is 0 Å². The van der Waals surface area contributed by atoms with Gasteiger partial charge >= 0.3 is 0 Å². The first-order valence-electron chi connectivity index (χ1n) is 7.00. The minimum atomic E-state index is -0.250. The van der Waals surface area contributed by atoms with Gasteiger partial charge in [-0.2, -0.15) is 0 Å². The van der Waals surface area contributed by atoms with E-state index in [0.29, 0.717) is 0 Å². The maximum absolute atomic E-state index is 13.6. The van der Waals surface area contributed by atoms with Crippen molar-refractivity contribution in [3.05, 3.63) is 41.0 Å². The average Bonchev–Trinajstić information content (AvgIpc) is 2.83. The van der Waals surface area contributed by atoms with Gasteiger partial charge in [0.1, 0.15) is 11.5 Å². The first-order chi connectivity index (χ1) is 9.60. The average molecular weight is 276 g/mol. The molecule has 1 atom stereocenters. The highest BCUT2D eigenvalue weighted by molar-refractivity contribution is 5.37. The Bertz CT molecular complexity index is 567. The van der Waals surface area contributed by atoms with Crippen LogP contribution in [-0.2, 0) is 6.42 Å². The Morgan fingerprint density at radius 1 is 1.30 bits per heavy atom. The van der Waals surface area contributed by atoms with E-state index in [0.717, 1.165) is 35.5 Å². The van der Waals surface area contributed by atoms with E-state index >= 15 is 0 Å². The lowest BCUT2D eigenvalue weighted by Gasteiger charge is -2.13. The predicted molar refractivity (Wildman–Crippen MR) is 77.5 cm³/mol. The molecule has 0 saturated carbocycles. The monoisotopic (exact) mass is 276 g/mol. The van der Waals surface area contributed by atoms with Crippen LogP contribution in [0.15, 0.2) is 18.2 Å². The quantitative estimate of drug-likeness (QED) is 0.913. The Labute approximate surface area is 119 Å². The van der Waals surface area contributed by atoms with Gasteiger partial charge in [0.2, 0.25) is 0 Å². The van der Waals surface area contributed by atoms with Gasteiger partial charge in [0, 0.05) is 0 Å². The van der Waals surface area contributed by atoms with E-state index in [1.165, 1.54) is 12.1 Å². The molecule has 2 aromatic rings. The molecule has 0 saturated heterocycles. The van der Waals surface area contributed by atoms with Crippen molar-refractivity contribution in [3.63, 3.8) is 0 Å². The SMILES string of the molecule is CCc1c(C(CC)NC)nnn1-c1cc(C)cc(F)c1. The molecular formula is C15H21FN4. The zero-order valence-corrected chi connectivity index (χ0v) is 12.4. The number of rotatable bonds is 5. The van der Waals surface area contributed by atoms with Crippen LogP contribution in [0.2, 0.25) is 0 Å². The van der Waals surface area contributed by atoms with E-state index in [2.05, 4.69) is 29.5 Å². The van der Waals surface area contributed by atoms with Crippen molar-refractivity contribution in [2.24, 2.45) is 0 Å². The minimum absolute atomic E-state index is 0.174. The fourth-order valence-electron chi connectivity index (χ4n) is 2.50. The van der Waals surface area contributed by atoms with Crippen LogP contribution in [-0.4, -0.2) is 22.0 Å². The smallest absolute Gasteiger partial charge is 0.125 e. The van der Waals surface area contributed by atoms with E-state index < -0.39 is 0 Å². The van der Waals surface area contributed by atoms with Crippen molar-refractivity contribution >= 4 is 0 Å². The summed E-state index contributed by atoms with van der Waals surface area (Å²) in [5, 5.41) is 11.7. The molecule has 0 amide bonds. The zero-order valence-electron chi connectivity index (χ0n) is 12.4. The largest absolute Gasteiger partial charge is 0.312 e. The maximum atomic E-state index is 13.6. The number of aromatic nitrogens is 3. The van der Waals surface area contributed by atoms with E-state index in [4.69, 9.17) is 0 Å². The normalized spacial score (nSPS) is 12.7. The molecule has 5 heteroatoms. The van der Waals surface area contributed by atoms with Gasteiger partial charge in [-0.3, -0.25) is 0 Å². The van der Waals surface area contributed by atoms with Crippen molar-refractivity contribution in [2.45, 2.75) is 39.7 Å². The van der Waals surface area contributed by atoms with Gasteiger partial charge in [-0.25, -0.2) is 9.07 Å². The maximum Gasteiger partial charge on any atom is 0.125 e. The lowest BCUT2D eigenvalue weighted by atomic mass is 10.1. The van der Waals surface area contributed by atoms with Gasteiger partial charge in [0.15, 0.2) is 0 Å². The Morgan fingerprint density at radius 3 is 2.60 bits per heavy atom. The molecule has 4 nitrogen and oxygen atoms in total. The lowest BCUT2D eigenvalue weighted by Crippen LogP contribution is -2.17. The van der Waals surface area contributed by atoms with Crippen LogP contribution in [0.25, 0.3) is 5.69 Å². The molecule has 0 radical (unpaired) electrons. The highest BCUT2D eigenvalue weighted by atomic mass is 19.1. The molecule has 0 aliphatic rings. The third-order valence-corrected chi connectivity index (χ3v) is 3.49. The van der Waals surface area contributed by atoms with Crippen molar-refractivity contribution in [3.8, 4) is 5.69 Å². The van der Waals surface area contributed by atoms with Crippen molar-refractivity contribution < 1.29 is 4.39 Å². The van der Waals surface area contributed by atoms with Gasteiger partial charge in [-0.1, -0.05) is 19.1 Å². The summed E-state index contributed by atoms with van der Waals surface area (Å²) in [5.41, 5.74) is 3.57. The van der Waals surface area contributed by atoms with Crippen LogP contribution in [0.4, 0.5) is 4.39 Å². The minimum Gasteiger partial charge on any atom is -0.312 e. The van der Waals surface area contributed by atoms with Gasteiger partial charge in [-0.05, 0) is 50.6 Å². The lowest BCUT2D eigenvalue weighted by molar-refractivity contribution is 0.555. The highest BCUT2D eigenvalue weighted by Gasteiger charge is 2.19. The molecule has 1 heterocycles. The standard InChI is InChI=1S/C15H21FN4/c1-5-13(17-4)15-14(6-2)20(19-18-15)12-8-10(3)7-11(16)9-12/h7-9,13,17H,5-6H2,1-4H3. The van der Waals surface area contributed by atoms with Crippen LogP contribution in [0.5, 0.6) is 0 Å². The third kappa shape index (κ3) is 2.72. The Hall–Kier alpha value is -1.75. The molecule has 0 fully saturated rings. The highest BCUT2D eigenvalue weighted by Crippen LogP contribution is 2.22. The summed E-state index contributed by atoms with van der Waals surface area (Å²) in [7, 11) is 1.92. The van der Waals surface area contributed by atoms with Crippen LogP contribution in [0, 0.1) is 12.7 Å². The number of hydrogen-bond donors (Lipinski definition) is 1. The summed E-state index contributed by atoms with van der Waals surface area (Å²) in [6, 6.07) is 5.09.